The molecule has 0 aromatic heterocycles. The number of carbonyl (C=O) groups is 1. The minimum atomic E-state index is -0.142. The van der Waals surface area contributed by atoms with Gasteiger partial charge in [-0.05, 0) is 49.1 Å². The number of likely N-dealkylation sites (N-methyl/N-ethyl adjacent to an activating group) is 1. The summed E-state index contributed by atoms with van der Waals surface area (Å²) in [5.74, 6) is 7.31. The largest absolute Gasteiger partial charge is 0.497 e. The maximum absolute atomic E-state index is 12.9. The second-order valence-corrected chi connectivity index (χ2v) is 6.71. The highest BCUT2D eigenvalue weighted by atomic mass is 16.5. The number of ether oxygens (including phenoxy) is 1. The second kappa shape index (κ2) is 8.10. The lowest BCUT2D eigenvalue weighted by atomic mass is 9.91. The van der Waals surface area contributed by atoms with Gasteiger partial charge in [-0.25, -0.2) is 0 Å². The van der Waals surface area contributed by atoms with E-state index in [-0.39, 0.29) is 11.8 Å². The summed E-state index contributed by atoms with van der Waals surface area (Å²) >= 11 is 0. The molecule has 0 N–H and O–H groups in total. The van der Waals surface area contributed by atoms with Gasteiger partial charge in [0.15, 0.2) is 0 Å². The van der Waals surface area contributed by atoms with Crippen LogP contribution in [0.5, 0.6) is 5.75 Å². The van der Waals surface area contributed by atoms with Crippen LogP contribution in [0, 0.1) is 11.8 Å². The molecule has 1 aliphatic rings. The molecule has 0 aliphatic heterocycles. The molecule has 0 bridgehead atoms. The van der Waals surface area contributed by atoms with Gasteiger partial charge in [-0.2, -0.15) is 0 Å². The lowest BCUT2D eigenvalue weighted by Crippen LogP contribution is -2.33. The predicted molar refractivity (Wildman–Crippen MR) is 104 cm³/mol. The van der Waals surface area contributed by atoms with E-state index < -0.39 is 0 Å². The smallest absolute Gasteiger partial charge is 0.230 e. The van der Waals surface area contributed by atoms with Crippen LogP contribution in [0.25, 0.3) is 0 Å². The van der Waals surface area contributed by atoms with Crippen molar-refractivity contribution in [3.8, 4) is 17.6 Å². The molecule has 0 radical (unpaired) electrons. The van der Waals surface area contributed by atoms with Crippen molar-refractivity contribution >= 4 is 5.91 Å². The zero-order valence-corrected chi connectivity index (χ0v) is 15.7. The summed E-state index contributed by atoms with van der Waals surface area (Å²) in [7, 11) is 3.57. The third kappa shape index (κ3) is 4.08. The van der Waals surface area contributed by atoms with Gasteiger partial charge in [-0.15, -0.1) is 0 Å². The Morgan fingerprint density at radius 1 is 1.19 bits per heavy atom. The standard InChI is InChI=1S/C23H25NO2/c1-4-21(23(25)24(2)19-14-15-19)22-11-6-5-9-18(22)13-12-17-8-7-10-20(16-17)26-3/h5-11,16,19,21H,4,14-15H2,1-3H3. The Hall–Kier alpha value is -2.73. The van der Waals surface area contributed by atoms with E-state index in [2.05, 4.69) is 18.8 Å². The van der Waals surface area contributed by atoms with Crippen molar-refractivity contribution in [3.63, 3.8) is 0 Å². The number of amides is 1. The predicted octanol–water partition coefficient (Wildman–Crippen LogP) is 4.21. The van der Waals surface area contributed by atoms with Crippen LogP contribution in [0.4, 0.5) is 0 Å². The molecule has 3 heteroatoms. The van der Waals surface area contributed by atoms with Crippen LogP contribution in [0.15, 0.2) is 48.5 Å². The van der Waals surface area contributed by atoms with Crippen LogP contribution >= 0.6 is 0 Å². The monoisotopic (exact) mass is 347 g/mol. The average molecular weight is 347 g/mol. The molecule has 134 valence electrons. The van der Waals surface area contributed by atoms with Crippen molar-refractivity contribution in [2.75, 3.05) is 14.2 Å². The van der Waals surface area contributed by atoms with E-state index >= 15 is 0 Å². The fourth-order valence-corrected chi connectivity index (χ4v) is 3.17. The highest BCUT2D eigenvalue weighted by Gasteiger charge is 2.33. The molecule has 1 fully saturated rings. The molecule has 0 saturated heterocycles. The summed E-state index contributed by atoms with van der Waals surface area (Å²) in [5.41, 5.74) is 2.83. The van der Waals surface area contributed by atoms with Crippen LogP contribution in [-0.4, -0.2) is 31.0 Å². The van der Waals surface area contributed by atoms with E-state index in [0.717, 1.165) is 41.7 Å². The van der Waals surface area contributed by atoms with E-state index in [1.165, 1.54) is 0 Å². The Labute approximate surface area is 156 Å². The van der Waals surface area contributed by atoms with Gasteiger partial charge >= 0.3 is 0 Å². The number of nitrogens with zero attached hydrogens (tertiary/aromatic N) is 1. The van der Waals surface area contributed by atoms with Gasteiger partial charge in [-0.1, -0.05) is 43.0 Å². The molecule has 1 aliphatic carbocycles. The molecule has 1 atom stereocenters. The summed E-state index contributed by atoms with van der Waals surface area (Å²) in [6, 6.07) is 16.1. The first kappa shape index (κ1) is 18.1. The van der Waals surface area contributed by atoms with Crippen molar-refractivity contribution in [2.45, 2.75) is 38.1 Å². The second-order valence-electron chi connectivity index (χ2n) is 6.71. The van der Waals surface area contributed by atoms with Gasteiger partial charge in [0.2, 0.25) is 5.91 Å². The van der Waals surface area contributed by atoms with Crippen LogP contribution < -0.4 is 4.74 Å². The number of hydrogen-bond acceptors (Lipinski definition) is 2. The highest BCUT2D eigenvalue weighted by molar-refractivity contribution is 5.84. The van der Waals surface area contributed by atoms with Crippen LogP contribution in [-0.2, 0) is 4.79 Å². The van der Waals surface area contributed by atoms with Gasteiger partial charge in [0.05, 0.1) is 13.0 Å². The van der Waals surface area contributed by atoms with E-state index in [0.29, 0.717) is 6.04 Å². The quantitative estimate of drug-likeness (QED) is 0.758. The summed E-state index contributed by atoms with van der Waals surface area (Å²) in [4.78, 5) is 14.8. The summed E-state index contributed by atoms with van der Waals surface area (Å²) in [6.45, 7) is 2.07. The molecule has 1 amide bonds. The Morgan fingerprint density at radius 3 is 2.65 bits per heavy atom. The lowest BCUT2D eigenvalue weighted by Gasteiger charge is -2.24. The van der Waals surface area contributed by atoms with Gasteiger partial charge < -0.3 is 9.64 Å². The molecule has 0 heterocycles. The van der Waals surface area contributed by atoms with E-state index in [1.54, 1.807) is 7.11 Å². The summed E-state index contributed by atoms with van der Waals surface area (Å²) in [6.07, 6.45) is 3.01. The lowest BCUT2D eigenvalue weighted by molar-refractivity contribution is -0.132. The molecule has 3 rings (SSSR count). The average Bonchev–Trinajstić information content (AvgIpc) is 3.52. The molecular formula is C23H25NO2. The first-order chi connectivity index (χ1) is 12.6. The molecule has 26 heavy (non-hydrogen) atoms. The van der Waals surface area contributed by atoms with Crippen molar-refractivity contribution in [1.82, 2.24) is 4.90 Å². The highest BCUT2D eigenvalue weighted by Crippen LogP contribution is 2.31. The molecule has 1 unspecified atom stereocenters. The molecule has 3 nitrogen and oxygen atoms in total. The molecule has 1 saturated carbocycles. The Kier molecular flexibility index (Phi) is 5.63. The first-order valence-electron chi connectivity index (χ1n) is 9.15. The van der Waals surface area contributed by atoms with Crippen molar-refractivity contribution in [2.24, 2.45) is 0 Å². The van der Waals surface area contributed by atoms with Crippen LogP contribution in [0.1, 0.15) is 48.8 Å². The normalized spacial score (nSPS) is 14.1. The van der Waals surface area contributed by atoms with E-state index in [4.69, 9.17) is 4.74 Å². The number of benzene rings is 2. The van der Waals surface area contributed by atoms with Crippen LogP contribution in [0.2, 0.25) is 0 Å². The Balaban J connectivity index is 1.90. The number of hydrogen-bond donors (Lipinski definition) is 0. The third-order valence-corrected chi connectivity index (χ3v) is 4.90. The van der Waals surface area contributed by atoms with Gasteiger partial charge in [0.1, 0.15) is 5.75 Å². The number of rotatable bonds is 5. The van der Waals surface area contributed by atoms with Gasteiger partial charge in [0.25, 0.3) is 0 Å². The topological polar surface area (TPSA) is 29.5 Å². The summed E-state index contributed by atoms with van der Waals surface area (Å²) < 4.78 is 5.25. The van der Waals surface area contributed by atoms with Crippen molar-refractivity contribution in [1.29, 1.82) is 0 Å². The molecule has 2 aromatic rings. The van der Waals surface area contributed by atoms with Gasteiger partial charge in [0, 0.05) is 24.2 Å². The van der Waals surface area contributed by atoms with Crippen molar-refractivity contribution in [3.05, 3.63) is 65.2 Å². The fourth-order valence-electron chi connectivity index (χ4n) is 3.17. The Bertz CT molecular complexity index is 843. The maximum atomic E-state index is 12.9. The zero-order valence-electron chi connectivity index (χ0n) is 15.7. The molecular weight excluding hydrogens is 322 g/mol. The third-order valence-electron chi connectivity index (χ3n) is 4.90. The SMILES string of the molecule is CCC(C(=O)N(C)C1CC1)c1ccccc1C#Cc1cccc(OC)c1. The Morgan fingerprint density at radius 2 is 1.96 bits per heavy atom. The van der Waals surface area contributed by atoms with E-state index in [1.807, 2.05) is 60.5 Å². The summed E-state index contributed by atoms with van der Waals surface area (Å²) in [5, 5.41) is 0. The fraction of sp³-hybridized carbons (Fsp3) is 0.348. The minimum absolute atomic E-state index is 0.142. The van der Waals surface area contributed by atoms with Crippen LogP contribution in [0.3, 0.4) is 0 Å². The number of carbonyl (C=O) groups excluding carboxylic acids is 1. The van der Waals surface area contributed by atoms with Gasteiger partial charge in [-0.3, -0.25) is 4.79 Å². The maximum Gasteiger partial charge on any atom is 0.230 e. The molecule has 2 aromatic carbocycles. The first-order valence-corrected chi connectivity index (χ1v) is 9.15. The minimum Gasteiger partial charge on any atom is -0.497 e. The van der Waals surface area contributed by atoms with Crippen molar-refractivity contribution < 1.29 is 9.53 Å². The zero-order chi connectivity index (χ0) is 18.5. The molecule has 0 spiro atoms. The van der Waals surface area contributed by atoms with E-state index in [9.17, 15) is 4.79 Å². The number of methoxy groups -OCH3 is 1.